The molecular formula is C20H22BrN3O2. The maximum atomic E-state index is 12.1. The third-order valence-electron chi connectivity index (χ3n) is 4.42. The summed E-state index contributed by atoms with van der Waals surface area (Å²) in [6.45, 7) is 3.89. The molecule has 26 heavy (non-hydrogen) atoms. The normalized spacial score (nSPS) is 13.8. The smallest absolute Gasteiger partial charge is 0.319 e. The van der Waals surface area contributed by atoms with Crippen LogP contribution in [0.3, 0.4) is 0 Å². The first-order valence-electron chi connectivity index (χ1n) is 8.68. The fourth-order valence-corrected chi connectivity index (χ4v) is 3.34. The van der Waals surface area contributed by atoms with E-state index in [0.717, 1.165) is 39.8 Å². The van der Waals surface area contributed by atoms with Crippen LogP contribution in [0.15, 0.2) is 46.9 Å². The van der Waals surface area contributed by atoms with Gasteiger partial charge in [-0.25, -0.2) is 4.79 Å². The third kappa shape index (κ3) is 4.85. The number of amides is 3. The van der Waals surface area contributed by atoms with Gasteiger partial charge in [-0.3, -0.25) is 4.79 Å². The average Bonchev–Trinajstić information content (AvgIpc) is 3.02. The molecule has 2 aromatic carbocycles. The summed E-state index contributed by atoms with van der Waals surface area (Å²) in [6.07, 6.45) is 1.59. The molecule has 3 amide bonds. The third-order valence-corrected chi connectivity index (χ3v) is 5.27. The largest absolute Gasteiger partial charge is 0.338 e. The minimum atomic E-state index is -0.249. The molecule has 2 aromatic rings. The maximum Gasteiger partial charge on any atom is 0.319 e. The van der Waals surface area contributed by atoms with Gasteiger partial charge < -0.3 is 15.5 Å². The number of likely N-dealkylation sites (tertiary alicyclic amines) is 1. The van der Waals surface area contributed by atoms with Gasteiger partial charge in [-0.2, -0.15) is 0 Å². The molecule has 1 heterocycles. The first kappa shape index (κ1) is 18.5. The number of carbonyl (C=O) groups excluding carboxylic acids is 2. The highest BCUT2D eigenvalue weighted by molar-refractivity contribution is 9.10. The van der Waals surface area contributed by atoms with E-state index in [4.69, 9.17) is 0 Å². The minimum Gasteiger partial charge on any atom is -0.338 e. The lowest BCUT2D eigenvalue weighted by Gasteiger charge is -2.16. The highest BCUT2D eigenvalue weighted by Gasteiger charge is 2.19. The predicted octanol–water partition coefficient (Wildman–Crippen LogP) is 4.20. The Bertz CT molecular complexity index is 822. The van der Waals surface area contributed by atoms with Gasteiger partial charge >= 0.3 is 6.03 Å². The second-order valence-electron chi connectivity index (χ2n) is 6.51. The lowest BCUT2D eigenvalue weighted by atomic mass is 10.1. The van der Waals surface area contributed by atoms with Crippen molar-refractivity contribution in [3.8, 4) is 0 Å². The van der Waals surface area contributed by atoms with Gasteiger partial charge in [0.1, 0.15) is 0 Å². The van der Waals surface area contributed by atoms with E-state index in [1.54, 1.807) is 0 Å². The highest BCUT2D eigenvalue weighted by Crippen LogP contribution is 2.20. The Morgan fingerprint density at radius 2 is 2.00 bits per heavy atom. The summed E-state index contributed by atoms with van der Waals surface area (Å²) in [6, 6.07) is 13.4. The molecule has 0 bridgehead atoms. The zero-order chi connectivity index (χ0) is 18.5. The lowest BCUT2D eigenvalue weighted by molar-refractivity contribution is -0.128. The van der Waals surface area contributed by atoms with Gasteiger partial charge in [-0.15, -0.1) is 0 Å². The molecule has 0 aromatic heterocycles. The Labute approximate surface area is 161 Å². The van der Waals surface area contributed by atoms with Gasteiger partial charge in [-0.1, -0.05) is 46.3 Å². The number of hydrogen-bond acceptors (Lipinski definition) is 2. The standard InChI is InChI=1S/C20H22BrN3O2/c1-14-7-8-17(11-18(14)21)23-20(26)22-12-15-4-2-5-16(10-15)13-24-9-3-6-19(24)25/h2,4-5,7-8,10-11H,3,6,9,12-13H2,1H3,(H2,22,23,26). The van der Waals surface area contributed by atoms with Crippen LogP contribution in [0.4, 0.5) is 10.5 Å². The van der Waals surface area contributed by atoms with Crippen LogP contribution in [0, 0.1) is 6.92 Å². The average molecular weight is 416 g/mol. The van der Waals surface area contributed by atoms with Crippen molar-refractivity contribution < 1.29 is 9.59 Å². The Morgan fingerprint density at radius 3 is 2.73 bits per heavy atom. The lowest BCUT2D eigenvalue weighted by Crippen LogP contribution is -2.28. The number of nitrogens with one attached hydrogen (secondary N) is 2. The first-order valence-corrected chi connectivity index (χ1v) is 9.47. The summed E-state index contributed by atoms with van der Waals surface area (Å²) < 4.78 is 0.958. The van der Waals surface area contributed by atoms with E-state index in [1.807, 2.05) is 54.3 Å². The van der Waals surface area contributed by atoms with Crippen LogP contribution >= 0.6 is 15.9 Å². The zero-order valence-electron chi connectivity index (χ0n) is 14.7. The summed E-state index contributed by atoms with van der Waals surface area (Å²) in [5.74, 6) is 0.220. The van der Waals surface area contributed by atoms with E-state index in [0.29, 0.717) is 19.5 Å². The van der Waals surface area contributed by atoms with Crippen molar-refractivity contribution in [1.82, 2.24) is 10.2 Å². The molecule has 1 aliphatic heterocycles. The molecule has 0 atom stereocenters. The molecule has 0 saturated carbocycles. The fraction of sp³-hybridized carbons (Fsp3) is 0.300. The van der Waals surface area contributed by atoms with Crippen LogP contribution in [0.1, 0.15) is 29.5 Å². The van der Waals surface area contributed by atoms with Crippen LogP contribution in [-0.4, -0.2) is 23.4 Å². The van der Waals surface area contributed by atoms with Gasteiger partial charge in [0.25, 0.3) is 0 Å². The number of nitrogens with zero attached hydrogens (tertiary/aromatic N) is 1. The molecule has 6 heteroatoms. The first-order chi connectivity index (χ1) is 12.5. The number of rotatable bonds is 5. The van der Waals surface area contributed by atoms with E-state index in [1.165, 1.54) is 0 Å². The van der Waals surface area contributed by atoms with E-state index in [2.05, 4.69) is 26.6 Å². The number of aryl methyl sites for hydroxylation is 1. The van der Waals surface area contributed by atoms with Crippen molar-refractivity contribution in [2.45, 2.75) is 32.9 Å². The molecule has 1 saturated heterocycles. The number of benzene rings is 2. The molecular weight excluding hydrogens is 394 g/mol. The fourth-order valence-electron chi connectivity index (χ4n) is 2.96. The Hall–Kier alpha value is -2.34. The van der Waals surface area contributed by atoms with Gasteiger partial charge in [0.2, 0.25) is 5.91 Å². The number of carbonyl (C=O) groups is 2. The summed E-state index contributed by atoms with van der Waals surface area (Å²) in [7, 11) is 0. The van der Waals surface area contributed by atoms with Crippen molar-refractivity contribution in [2.24, 2.45) is 0 Å². The van der Waals surface area contributed by atoms with Gasteiger partial charge in [0.05, 0.1) is 0 Å². The molecule has 0 spiro atoms. The molecule has 0 radical (unpaired) electrons. The van der Waals surface area contributed by atoms with Crippen LogP contribution in [-0.2, 0) is 17.9 Å². The van der Waals surface area contributed by atoms with E-state index < -0.39 is 0 Å². The quantitative estimate of drug-likeness (QED) is 0.768. The number of anilines is 1. The minimum absolute atomic E-state index is 0.220. The van der Waals surface area contributed by atoms with Gasteiger partial charge in [0.15, 0.2) is 0 Å². The second-order valence-corrected chi connectivity index (χ2v) is 7.36. The van der Waals surface area contributed by atoms with Crippen molar-refractivity contribution >= 4 is 33.6 Å². The molecule has 1 fully saturated rings. The number of hydrogen-bond donors (Lipinski definition) is 2. The number of halogens is 1. The monoisotopic (exact) mass is 415 g/mol. The molecule has 3 rings (SSSR count). The van der Waals surface area contributed by atoms with E-state index >= 15 is 0 Å². The van der Waals surface area contributed by atoms with Crippen molar-refractivity contribution in [3.05, 3.63) is 63.6 Å². The maximum absolute atomic E-state index is 12.1. The van der Waals surface area contributed by atoms with Gasteiger partial charge in [0, 0.05) is 36.2 Å². The van der Waals surface area contributed by atoms with Crippen LogP contribution < -0.4 is 10.6 Å². The summed E-state index contributed by atoms with van der Waals surface area (Å²) in [4.78, 5) is 25.7. The highest BCUT2D eigenvalue weighted by atomic mass is 79.9. The SMILES string of the molecule is Cc1ccc(NC(=O)NCc2cccc(CN3CCCC3=O)c2)cc1Br. The summed E-state index contributed by atoms with van der Waals surface area (Å²) in [5, 5.41) is 5.69. The van der Waals surface area contributed by atoms with Gasteiger partial charge in [-0.05, 0) is 42.2 Å². The Balaban J connectivity index is 1.53. The van der Waals surface area contributed by atoms with Crippen molar-refractivity contribution in [3.63, 3.8) is 0 Å². The molecule has 2 N–H and O–H groups in total. The molecule has 1 aliphatic rings. The molecule has 5 nitrogen and oxygen atoms in total. The van der Waals surface area contributed by atoms with Crippen molar-refractivity contribution in [1.29, 1.82) is 0 Å². The molecule has 136 valence electrons. The summed E-state index contributed by atoms with van der Waals surface area (Å²) in [5.41, 5.74) is 3.95. The van der Waals surface area contributed by atoms with E-state index in [-0.39, 0.29) is 11.9 Å². The van der Waals surface area contributed by atoms with Crippen molar-refractivity contribution in [2.75, 3.05) is 11.9 Å². The molecule has 0 unspecified atom stereocenters. The predicted molar refractivity (Wildman–Crippen MR) is 106 cm³/mol. The van der Waals surface area contributed by atoms with Crippen LogP contribution in [0.25, 0.3) is 0 Å². The van der Waals surface area contributed by atoms with E-state index in [9.17, 15) is 9.59 Å². The Kier molecular flexibility index (Phi) is 5.93. The number of urea groups is 1. The zero-order valence-corrected chi connectivity index (χ0v) is 16.3. The molecule has 0 aliphatic carbocycles. The van der Waals surface area contributed by atoms with Crippen LogP contribution in [0.5, 0.6) is 0 Å². The Morgan fingerprint density at radius 1 is 1.19 bits per heavy atom. The second kappa shape index (κ2) is 8.36. The summed E-state index contributed by atoms with van der Waals surface area (Å²) >= 11 is 3.46. The van der Waals surface area contributed by atoms with Crippen LogP contribution in [0.2, 0.25) is 0 Å². The topological polar surface area (TPSA) is 61.4 Å².